The van der Waals surface area contributed by atoms with Crippen LogP contribution in [0.5, 0.6) is 0 Å². The van der Waals surface area contributed by atoms with Gasteiger partial charge in [0.05, 0.1) is 11.4 Å². The fraction of sp³-hybridized carbons (Fsp3) is 0.167. The molecule has 176 valence electrons. The van der Waals surface area contributed by atoms with E-state index >= 15 is 0 Å². The summed E-state index contributed by atoms with van der Waals surface area (Å²) < 4.78 is 27.5. The van der Waals surface area contributed by atoms with Gasteiger partial charge < -0.3 is 5.11 Å². The first-order chi connectivity index (χ1) is 16.2. The number of hydrazone groups is 1. The van der Waals surface area contributed by atoms with Gasteiger partial charge in [-0.1, -0.05) is 65.7 Å². The molecular formula is C24H22Cl2N4O3S. The van der Waals surface area contributed by atoms with Crippen LogP contribution in [0.3, 0.4) is 0 Å². The number of rotatable bonds is 5. The largest absolute Gasteiger partial charge is 0.377 e. The first-order valence-electron chi connectivity index (χ1n) is 10.4. The van der Waals surface area contributed by atoms with E-state index < -0.39 is 15.6 Å². The van der Waals surface area contributed by atoms with Crippen molar-refractivity contribution < 1.29 is 13.5 Å². The molecule has 1 heterocycles. The molecule has 10 heteroatoms. The number of β-amino-alcohol motifs (C(OH)–C–C–N with tert-alkyl or cyclic N) is 1. The van der Waals surface area contributed by atoms with Crippen molar-refractivity contribution >= 4 is 44.9 Å². The second-order valence-electron chi connectivity index (χ2n) is 7.69. The standard InChI is InChI=1S/C24H22Cl2N4O3S/c1-2-30(34(32,33)21-14-12-20(26)13-15-21)23(27)29-16-24(31,18-6-4-3-5-7-18)22(28-29)17-8-10-19(25)11-9-17/h3-15,27,31H,2,16H2,1H3. The second-order valence-corrected chi connectivity index (χ2v) is 10.4. The third-order valence-electron chi connectivity index (χ3n) is 5.53. The van der Waals surface area contributed by atoms with Crippen LogP contribution in [0.2, 0.25) is 10.0 Å². The molecule has 1 unspecified atom stereocenters. The van der Waals surface area contributed by atoms with Gasteiger partial charge in [0, 0.05) is 22.2 Å². The maximum atomic E-state index is 13.3. The zero-order valence-electron chi connectivity index (χ0n) is 18.2. The molecule has 3 aromatic rings. The van der Waals surface area contributed by atoms with E-state index in [1.165, 1.54) is 29.3 Å². The molecule has 34 heavy (non-hydrogen) atoms. The van der Waals surface area contributed by atoms with Crippen LogP contribution in [0, 0.1) is 5.41 Å². The zero-order chi connectivity index (χ0) is 24.5. The summed E-state index contributed by atoms with van der Waals surface area (Å²) in [5.41, 5.74) is -0.109. The van der Waals surface area contributed by atoms with Crippen molar-refractivity contribution in [3.8, 4) is 0 Å². The number of nitrogens with one attached hydrogen (secondary N) is 1. The summed E-state index contributed by atoms with van der Waals surface area (Å²) in [7, 11) is -4.05. The number of hydrogen-bond donors (Lipinski definition) is 2. The number of aliphatic hydroxyl groups is 1. The summed E-state index contributed by atoms with van der Waals surface area (Å²) in [5, 5.41) is 27.2. The Morgan fingerprint density at radius 1 is 1.03 bits per heavy atom. The van der Waals surface area contributed by atoms with Crippen molar-refractivity contribution in [1.29, 1.82) is 5.41 Å². The molecule has 1 aliphatic rings. The van der Waals surface area contributed by atoms with Crippen LogP contribution in [-0.2, 0) is 15.6 Å². The Hall–Kier alpha value is -2.91. The zero-order valence-corrected chi connectivity index (χ0v) is 20.5. The third-order valence-corrected chi connectivity index (χ3v) is 7.91. The Morgan fingerprint density at radius 2 is 1.59 bits per heavy atom. The molecule has 4 rings (SSSR count). The Labute approximate surface area is 208 Å². The van der Waals surface area contributed by atoms with Crippen LogP contribution in [0.1, 0.15) is 18.1 Å². The maximum Gasteiger partial charge on any atom is 0.266 e. The minimum absolute atomic E-state index is 0.00271. The van der Waals surface area contributed by atoms with Gasteiger partial charge in [-0.3, -0.25) is 5.41 Å². The molecule has 0 aliphatic carbocycles. The van der Waals surface area contributed by atoms with Crippen molar-refractivity contribution in [3.05, 3.63) is 100 Å². The van der Waals surface area contributed by atoms with Crippen LogP contribution in [0.15, 0.2) is 88.9 Å². The number of guanidine groups is 1. The minimum atomic E-state index is -4.05. The number of sulfonamides is 1. The predicted molar refractivity (Wildman–Crippen MR) is 134 cm³/mol. The fourth-order valence-corrected chi connectivity index (χ4v) is 5.44. The van der Waals surface area contributed by atoms with E-state index in [9.17, 15) is 13.5 Å². The highest BCUT2D eigenvalue weighted by Crippen LogP contribution is 2.34. The highest BCUT2D eigenvalue weighted by Gasteiger charge is 2.46. The molecule has 0 saturated heterocycles. The SMILES string of the molecule is CCN(C(=N)N1CC(O)(c2ccccc2)C(c2ccc(Cl)cc2)=N1)S(=O)(=O)c1ccc(Cl)cc1. The molecule has 0 aromatic heterocycles. The Balaban J connectivity index is 1.75. The molecule has 0 spiro atoms. The van der Waals surface area contributed by atoms with Crippen LogP contribution >= 0.6 is 23.2 Å². The summed E-state index contributed by atoms with van der Waals surface area (Å²) in [6, 6.07) is 21.5. The first-order valence-corrected chi connectivity index (χ1v) is 12.6. The van der Waals surface area contributed by atoms with Gasteiger partial charge in [-0.2, -0.15) is 5.10 Å². The monoisotopic (exact) mass is 516 g/mol. The molecular weight excluding hydrogens is 495 g/mol. The molecule has 0 saturated carbocycles. The molecule has 0 radical (unpaired) electrons. The topological polar surface area (TPSA) is 97.1 Å². The lowest BCUT2D eigenvalue weighted by Gasteiger charge is -2.29. The average molecular weight is 517 g/mol. The molecule has 0 amide bonds. The molecule has 3 aromatic carbocycles. The van der Waals surface area contributed by atoms with Crippen molar-refractivity contribution in [3.63, 3.8) is 0 Å². The second kappa shape index (κ2) is 9.38. The highest BCUT2D eigenvalue weighted by atomic mass is 35.5. The van der Waals surface area contributed by atoms with Crippen molar-refractivity contribution in [2.45, 2.75) is 17.4 Å². The van der Waals surface area contributed by atoms with Crippen LogP contribution in [-0.4, -0.2) is 47.6 Å². The first kappa shape index (κ1) is 24.2. The van der Waals surface area contributed by atoms with Gasteiger partial charge in [-0.25, -0.2) is 17.7 Å². The van der Waals surface area contributed by atoms with Crippen LogP contribution < -0.4 is 0 Å². The Bertz CT molecular complexity index is 1330. The van der Waals surface area contributed by atoms with E-state index in [-0.39, 0.29) is 23.9 Å². The fourth-order valence-electron chi connectivity index (χ4n) is 3.79. The van der Waals surface area contributed by atoms with Crippen molar-refractivity contribution in [2.75, 3.05) is 13.1 Å². The van der Waals surface area contributed by atoms with Gasteiger partial charge in [0.2, 0.25) is 5.96 Å². The maximum absolute atomic E-state index is 13.3. The summed E-state index contributed by atoms with van der Waals surface area (Å²) in [6.45, 7) is 1.49. The molecule has 1 atom stereocenters. The summed E-state index contributed by atoms with van der Waals surface area (Å²) in [5.74, 6) is -0.379. The summed E-state index contributed by atoms with van der Waals surface area (Å²) in [4.78, 5) is 0.00271. The highest BCUT2D eigenvalue weighted by molar-refractivity contribution is 7.89. The smallest absolute Gasteiger partial charge is 0.266 e. The van der Waals surface area contributed by atoms with E-state index in [1.807, 2.05) is 6.07 Å². The van der Waals surface area contributed by atoms with E-state index in [1.54, 1.807) is 55.5 Å². The number of nitrogens with zero attached hydrogens (tertiary/aromatic N) is 3. The van der Waals surface area contributed by atoms with Gasteiger partial charge in [0.1, 0.15) is 5.71 Å². The van der Waals surface area contributed by atoms with E-state index in [2.05, 4.69) is 5.10 Å². The Kier molecular flexibility index (Phi) is 6.69. The lowest BCUT2D eigenvalue weighted by atomic mass is 9.86. The number of hydrogen-bond acceptors (Lipinski definition) is 5. The molecule has 2 N–H and O–H groups in total. The summed E-state index contributed by atoms with van der Waals surface area (Å²) >= 11 is 11.9. The lowest BCUT2D eigenvalue weighted by Crippen LogP contribution is -2.47. The predicted octanol–water partition coefficient (Wildman–Crippen LogP) is 4.55. The normalized spacial score (nSPS) is 18.0. The Morgan fingerprint density at radius 3 is 2.15 bits per heavy atom. The lowest BCUT2D eigenvalue weighted by molar-refractivity contribution is 0.102. The molecule has 1 aliphatic heterocycles. The van der Waals surface area contributed by atoms with Gasteiger partial charge >= 0.3 is 0 Å². The van der Waals surface area contributed by atoms with Crippen LogP contribution in [0.4, 0.5) is 0 Å². The van der Waals surface area contributed by atoms with Crippen molar-refractivity contribution in [1.82, 2.24) is 9.31 Å². The summed E-state index contributed by atoms with van der Waals surface area (Å²) in [6.07, 6.45) is 0. The van der Waals surface area contributed by atoms with E-state index in [0.717, 1.165) is 4.31 Å². The van der Waals surface area contributed by atoms with Gasteiger partial charge in [-0.05, 0) is 48.9 Å². The average Bonchev–Trinajstić information content (AvgIpc) is 3.19. The van der Waals surface area contributed by atoms with Gasteiger partial charge in [0.25, 0.3) is 10.0 Å². The van der Waals surface area contributed by atoms with Gasteiger partial charge in [0.15, 0.2) is 5.60 Å². The van der Waals surface area contributed by atoms with E-state index in [4.69, 9.17) is 28.6 Å². The number of halogens is 2. The quantitative estimate of drug-likeness (QED) is 0.384. The van der Waals surface area contributed by atoms with E-state index in [0.29, 0.717) is 26.9 Å². The van der Waals surface area contributed by atoms with Crippen molar-refractivity contribution in [2.24, 2.45) is 5.10 Å². The third kappa shape index (κ3) is 4.42. The molecule has 7 nitrogen and oxygen atoms in total. The number of benzene rings is 3. The molecule has 0 bridgehead atoms. The van der Waals surface area contributed by atoms with Crippen LogP contribution in [0.25, 0.3) is 0 Å². The van der Waals surface area contributed by atoms with Gasteiger partial charge in [-0.15, -0.1) is 0 Å². The molecule has 0 fully saturated rings. The minimum Gasteiger partial charge on any atom is -0.377 e.